The minimum atomic E-state index is -0.336. The van der Waals surface area contributed by atoms with Crippen molar-refractivity contribution >= 4 is 11.6 Å². The van der Waals surface area contributed by atoms with Gasteiger partial charge in [-0.3, -0.25) is 9.69 Å². The molecule has 2 aromatic carbocycles. The molecule has 2 rings (SSSR count). The largest absolute Gasteiger partial charge is 0.497 e. The molecule has 26 heavy (non-hydrogen) atoms. The standard InChI is InChI=1S/C20H26N2O4/c1-14(22(2)13-15-7-6-8-16(11-15)24-3)20(23)21-18-12-17(25-4)9-10-19(18)26-5/h6-12,14H,13H2,1-5H3,(H,21,23). The smallest absolute Gasteiger partial charge is 0.241 e. The van der Waals surface area contributed by atoms with E-state index in [0.717, 1.165) is 11.3 Å². The van der Waals surface area contributed by atoms with Crippen molar-refractivity contribution < 1.29 is 19.0 Å². The van der Waals surface area contributed by atoms with Crippen LogP contribution in [0.5, 0.6) is 17.2 Å². The first-order valence-electron chi connectivity index (χ1n) is 8.34. The summed E-state index contributed by atoms with van der Waals surface area (Å²) in [6.07, 6.45) is 0. The number of methoxy groups -OCH3 is 3. The van der Waals surface area contributed by atoms with Gasteiger partial charge in [0.05, 0.1) is 33.1 Å². The molecule has 1 amide bonds. The number of rotatable bonds is 8. The van der Waals surface area contributed by atoms with Gasteiger partial charge in [0.2, 0.25) is 5.91 Å². The van der Waals surface area contributed by atoms with Crippen LogP contribution in [0.25, 0.3) is 0 Å². The lowest BCUT2D eigenvalue weighted by Crippen LogP contribution is -2.39. The molecule has 0 saturated heterocycles. The Hall–Kier alpha value is -2.73. The third-order valence-corrected chi connectivity index (χ3v) is 4.27. The quantitative estimate of drug-likeness (QED) is 0.785. The Labute approximate surface area is 154 Å². The number of ether oxygens (including phenoxy) is 3. The molecule has 6 heteroatoms. The van der Waals surface area contributed by atoms with E-state index in [1.165, 1.54) is 0 Å². The molecule has 0 saturated carbocycles. The molecular weight excluding hydrogens is 332 g/mol. The summed E-state index contributed by atoms with van der Waals surface area (Å²) < 4.78 is 15.8. The lowest BCUT2D eigenvalue weighted by atomic mass is 10.1. The highest BCUT2D eigenvalue weighted by molar-refractivity contribution is 5.96. The van der Waals surface area contributed by atoms with E-state index < -0.39 is 0 Å². The first-order valence-corrected chi connectivity index (χ1v) is 8.34. The summed E-state index contributed by atoms with van der Waals surface area (Å²) in [5.74, 6) is 1.91. The molecule has 1 atom stereocenters. The summed E-state index contributed by atoms with van der Waals surface area (Å²) in [5.41, 5.74) is 1.66. The van der Waals surface area contributed by atoms with E-state index in [1.807, 2.05) is 43.1 Å². The van der Waals surface area contributed by atoms with Gasteiger partial charge in [-0.2, -0.15) is 0 Å². The van der Waals surface area contributed by atoms with E-state index in [9.17, 15) is 4.79 Å². The van der Waals surface area contributed by atoms with Crippen molar-refractivity contribution in [2.75, 3.05) is 33.7 Å². The predicted octanol–water partition coefficient (Wildman–Crippen LogP) is 3.17. The molecule has 2 aromatic rings. The van der Waals surface area contributed by atoms with Gasteiger partial charge in [-0.1, -0.05) is 12.1 Å². The Bertz CT molecular complexity index is 748. The highest BCUT2D eigenvalue weighted by atomic mass is 16.5. The van der Waals surface area contributed by atoms with Crippen molar-refractivity contribution in [1.29, 1.82) is 0 Å². The summed E-state index contributed by atoms with van der Waals surface area (Å²) in [6.45, 7) is 2.49. The van der Waals surface area contributed by atoms with Crippen molar-refractivity contribution in [3.05, 3.63) is 48.0 Å². The molecule has 1 N–H and O–H groups in total. The topological polar surface area (TPSA) is 60.0 Å². The molecule has 0 aliphatic carbocycles. The summed E-state index contributed by atoms with van der Waals surface area (Å²) in [7, 11) is 6.70. The zero-order chi connectivity index (χ0) is 19.1. The maximum Gasteiger partial charge on any atom is 0.241 e. The van der Waals surface area contributed by atoms with Gasteiger partial charge in [0.1, 0.15) is 17.2 Å². The third-order valence-electron chi connectivity index (χ3n) is 4.27. The minimum absolute atomic E-state index is 0.123. The normalized spacial score (nSPS) is 11.8. The molecular formula is C20H26N2O4. The first kappa shape index (κ1) is 19.6. The van der Waals surface area contributed by atoms with Gasteiger partial charge in [-0.05, 0) is 43.8 Å². The third kappa shape index (κ3) is 4.89. The minimum Gasteiger partial charge on any atom is -0.497 e. The monoisotopic (exact) mass is 358 g/mol. The maximum atomic E-state index is 12.7. The molecule has 0 aliphatic heterocycles. The highest BCUT2D eigenvalue weighted by Crippen LogP contribution is 2.29. The van der Waals surface area contributed by atoms with E-state index in [2.05, 4.69) is 5.32 Å². The molecule has 0 fully saturated rings. The van der Waals surface area contributed by atoms with Crippen LogP contribution >= 0.6 is 0 Å². The Balaban J connectivity index is 2.06. The van der Waals surface area contributed by atoms with Crippen LogP contribution in [0.3, 0.4) is 0 Å². The van der Waals surface area contributed by atoms with Gasteiger partial charge in [-0.15, -0.1) is 0 Å². The summed E-state index contributed by atoms with van der Waals surface area (Å²) in [4.78, 5) is 14.6. The summed E-state index contributed by atoms with van der Waals surface area (Å²) >= 11 is 0. The lowest BCUT2D eigenvalue weighted by molar-refractivity contribution is -0.120. The van der Waals surface area contributed by atoms with Crippen molar-refractivity contribution in [2.24, 2.45) is 0 Å². The number of carbonyl (C=O) groups is 1. The number of nitrogens with one attached hydrogen (secondary N) is 1. The zero-order valence-corrected chi connectivity index (χ0v) is 15.9. The fourth-order valence-corrected chi connectivity index (χ4v) is 2.54. The van der Waals surface area contributed by atoms with Gasteiger partial charge < -0.3 is 19.5 Å². The Morgan fingerprint density at radius 2 is 1.73 bits per heavy atom. The Morgan fingerprint density at radius 3 is 2.38 bits per heavy atom. The number of likely N-dealkylation sites (N-methyl/N-ethyl adjacent to an activating group) is 1. The van der Waals surface area contributed by atoms with Crippen LogP contribution in [0, 0.1) is 0 Å². The molecule has 0 spiro atoms. The van der Waals surface area contributed by atoms with E-state index in [-0.39, 0.29) is 11.9 Å². The van der Waals surface area contributed by atoms with Gasteiger partial charge >= 0.3 is 0 Å². The average molecular weight is 358 g/mol. The Morgan fingerprint density at radius 1 is 1.04 bits per heavy atom. The molecule has 0 radical (unpaired) electrons. The number of benzene rings is 2. The van der Waals surface area contributed by atoms with Crippen LogP contribution < -0.4 is 19.5 Å². The van der Waals surface area contributed by atoms with Crippen molar-refractivity contribution in [2.45, 2.75) is 19.5 Å². The van der Waals surface area contributed by atoms with Crippen LogP contribution in [0.15, 0.2) is 42.5 Å². The second kappa shape index (κ2) is 9.10. The van der Waals surface area contributed by atoms with Gasteiger partial charge in [0, 0.05) is 12.6 Å². The fraction of sp³-hybridized carbons (Fsp3) is 0.350. The molecule has 140 valence electrons. The van der Waals surface area contributed by atoms with Crippen LogP contribution in [0.1, 0.15) is 12.5 Å². The van der Waals surface area contributed by atoms with Gasteiger partial charge in [-0.25, -0.2) is 0 Å². The number of anilines is 1. The van der Waals surface area contributed by atoms with E-state index >= 15 is 0 Å². The van der Waals surface area contributed by atoms with Crippen molar-refractivity contribution in [3.8, 4) is 17.2 Å². The molecule has 6 nitrogen and oxygen atoms in total. The highest BCUT2D eigenvalue weighted by Gasteiger charge is 2.20. The number of hydrogen-bond donors (Lipinski definition) is 1. The molecule has 0 heterocycles. The van der Waals surface area contributed by atoms with Crippen LogP contribution in [-0.4, -0.2) is 45.2 Å². The predicted molar refractivity (Wildman–Crippen MR) is 102 cm³/mol. The van der Waals surface area contributed by atoms with Crippen LogP contribution in [-0.2, 0) is 11.3 Å². The summed E-state index contributed by atoms with van der Waals surface area (Å²) in [6, 6.07) is 12.8. The van der Waals surface area contributed by atoms with E-state index in [0.29, 0.717) is 23.7 Å². The molecule has 1 unspecified atom stereocenters. The molecule has 0 aliphatic rings. The van der Waals surface area contributed by atoms with Gasteiger partial charge in [0.15, 0.2) is 0 Å². The molecule has 0 bridgehead atoms. The number of amides is 1. The lowest BCUT2D eigenvalue weighted by Gasteiger charge is -2.24. The van der Waals surface area contributed by atoms with E-state index in [4.69, 9.17) is 14.2 Å². The first-order chi connectivity index (χ1) is 12.5. The van der Waals surface area contributed by atoms with Crippen LogP contribution in [0.2, 0.25) is 0 Å². The number of hydrogen-bond acceptors (Lipinski definition) is 5. The average Bonchev–Trinajstić information content (AvgIpc) is 2.67. The second-order valence-electron chi connectivity index (χ2n) is 6.00. The van der Waals surface area contributed by atoms with E-state index in [1.54, 1.807) is 39.5 Å². The molecule has 0 aromatic heterocycles. The van der Waals surface area contributed by atoms with Gasteiger partial charge in [0.25, 0.3) is 0 Å². The Kier molecular flexibility index (Phi) is 6.86. The second-order valence-corrected chi connectivity index (χ2v) is 6.00. The summed E-state index contributed by atoms with van der Waals surface area (Å²) in [5, 5.41) is 2.91. The number of nitrogens with zero attached hydrogens (tertiary/aromatic N) is 1. The maximum absolute atomic E-state index is 12.7. The fourth-order valence-electron chi connectivity index (χ4n) is 2.54. The van der Waals surface area contributed by atoms with Crippen molar-refractivity contribution in [1.82, 2.24) is 4.90 Å². The number of carbonyl (C=O) groups excluding carboxylic acids is 1. The SMILES string of the molecule is COc1cccc(CN(C)C(C)C(=O)Nc2cc(OC)ccc2OC)c1. The zero-order valence-electron chi connectivity index (χ0n) is 15.9. The van der Waals surface area contributed by atoms with Crippen molar-refractivity contribution in [3.63, 3.8) is 0 Å². The van der Waals surface area contributed by atoms with Crippen LogP contribution in [0.4, 0.5) is 5.69 Å².